The summed E-state index contributed by atoms with van der Waals surface area (Å²) in [7, 11) is 0. The molecule has 7 aromatic carbocycles. The van der Waals surface area contributed by atoms with Crippen molar-refractivity contribution in [3.8, 4) is 11.5 Å². The number of aliphatic carboxylic acids is 1. The fraction of sp³-hybridized carbons (Fsp3) is 0.261. The number of rotatable bonds is 33. The Morgan fingerprint density at radius 1 is 0.510 bits per heavy atom. The van der Waals surface area contributed by atoms with Gasteiger partial charge in [-0.2, -0.15) is 0 Å². The van der Waals surface area contributed by atoms with E-state index in [1.807, 2.05) is 0 Å². The summed E-state index contributed by atoms with van der Waals surface area (Å²) in [6.45, 7) is -1.29. The zero-order valence-corrected chi connectivity index (χ0v) is 52.6. The molecule has 0 bridgehead atoms. The lowest BCUT2D eigenvalue weighted by Crippen LogP contribution is -2.57. The molecule has 2 aliphatic rings. The average molecular weight is 1360 g/mol. The maximum Gasteiger partial charge on any atom is 0.329 e. The number of esters is 1. The van der Waals surface area contributed by atoms with Crippen LogP contribution >= 0.6 is 23.5 Å². The second kappa shape index (κ2) is 32.7. The Hall–Kier alpha value is -10.3. The second-order valence-corrected chi connectivity index (χ2v) is 24.7. The van der Waals surface area contributed by atoms with Crippen molar-refractivity contribution in [1.82, 2.24) is 16.0 Å². The van der Waals surface area contributed by atoms with Crippen LogP contribution in [-0.4, -0.2) is 117 Å². The number of benzene rings is 7. The molecule has 0 aliphatic carbocycles. The topological polar surface area (TPSA) is 316 Å². The normalized spacial score (nSPS) is 17.3. The monoisotopic (exact) mass is 1360 g/mol. The largest absolute Gasteiger partial charge is 0.484 e. The van der Waals surface area contributed by atoms with E-state index in [0.29, 0.717) is 39.2 Å². The van der Waals surface area contributed by atoms with Crippen molar-refractivity contribution in [3.05, 3.63) is 227 Å². The molecule has 2 unspecified atom stereocenters. The van der Waals surface area contributed by atoms with Crippen molar-refractivity contribution in [3.63, 3.8) is 0 Å². The van der Waals surface area contributed by atoms with Crippen LogP contribution in [0.5, 0.6) is 11.5 Å². The Balaban J connectivity index is 0.846. The van der Waals surface area contributed by atoms with Gasteiger partial charge in [0.2, 0.25) is 29.5 Å². The number of halogens is 4. The SMILES string of the molecule is NC(=O)CC[C@H](NC(=O)COc1ccc([C@@H]2[C@@H](SCC(OC(=O)[C@H](CCC(N)=O)NC(=O)COc3ccc([C@@H]4[C@@H](SCC(O)c5ccc(F)cc5)C(=O)N4c4ccc(F)cc4)cc3)c3ccc(F)cc3)C(=O)N2c2ccc(F)cc2)cc1)C(=O)N[C@H](Cc1ccccc1)C(=O)O. The molecule has 0 saturated carbocycles. The first-order valence-corrected chi connectivity index (χ1v) is 32.2. The van der Waals surface area contributed by atoms with Gasteiger partial charge in [-0.3, -0.25) is 33.6 Å². The Bertz CT molecular complexity index is 3910. The number of aliphatic hydroxyl groups excluding tert-OH is 1. The number of nitrogens with zero attached hydrogens (tertiary/aromatic N) is 2. The van der Waals surface area contributed by atoms with Crippen molar-refractivity contribution < 1.29 is 85.1 Å². The third-order valence-corrected chi connectivity index (χ3v) is 18.3. The van der Waals surface area contributed by atoms with Gasteiger partial charge in [0.1, 0.15) is 69.5 Å². The van der Waals surface area contributed by atoms with Crippen molar-refractivity contribution in [2.24, 2.45) is 11.5 Å². The van der Waals surface area contributed by atoms with Gasteiger partial charge in [0.25, 0.3) is 11.8 Å². The number of hydrogen-bond donors (Lipinski definition) is 7. The van der Waals surface area contributed by atoms with E-state index in [1.165, 1.54) is 119 Å². The van der Waals surface area contributed by atoms with Gasteiger partial charge in [0.05, 0.1) is 18.2 Å². The van der Waals surface area contributed by atoms with Crippen molar-refractivity contribution >= 4 is 88.2 Å². The van der Waals surface area contributed by atoms with Gasteiger partial charge in [-0.05, 0) is 138 Å². The zero-order valence-electron chi connectivity index (χ0n) is 51.0. The molecule has 21 nitrogen and oxygen atoms in total. The predicted octanol–water partition coefficient (Wildman–Crippen LogP) is 7.41. The number of nitrogens with one attached hydrogen (secondary N) is 3. The number of thioether (sulfide) groups is 2. The number of nitrogens with two attached hydrogens (primary N) is 2. The maximum atomic E-state index is 14.4. The summed E-state index contributed by atoms with van der Waals surface area (Å²) < 4.78 is 73.8. The van der Waals surface area contributed by atoms with Crippen LogP contribution in [-0.2, 0) is 54.3 Å². The van der Waals surface area contributed by atoms with Crippen LogP contribution < -0.4 is 46.7 Å². The van der Waals surface area contributed by atoms with E-state index in [1.54, 1.807) is 66.7 Å². The lowest BCUT2D eigenvalue weighted by atomic mass is 9.92. The number of carboxylic acids is 1. The maximum absolute atomic E-state index is 14.4. The highest BCUT2D eigenvalue weighted by atomic mass is 32.2. The summed E-state index contributed by atoms with van der Waals surface area (Å²) in [5.74, 6) is -8.97. The lowest BCUT2D eigenvalue weighted by Gasteiger charge is -2.47. The molecule has 9 rings (SSSR count). The molecule has 96 heavy (non-hydrogen) atoms. The number of anilines is 2. The van der Waals surface area contributed by atoms with Crippen molar-refractivity contribution in [2.75, 3.05) is 34.5 Å². The van der Waals surface area contributed by atoms with Crippen LogP contribution in [0.3, 0.4) is 0 Å². The number of primary amides is 2. The molecule has 500 valence electrons. The quantitative estimate of drug-likeness (QED) is 0.0120. The molecule has 7 amide bonds. The summed E-state index contributed by atoms with van der Waals surface area (Å²) in [4.78, 5) is 121. The fourth-order valence-electron chi connectivity index (χ4n) is 10.6. The third-order valence-electron chi connectivity index (χ3n) is 15.6. The van der Waals surface area contributed by atoms with Gasteiger partial charge < -0.3 is 61.6 Å². The molecule has 2 aliphatic heterocycles. The highest BCUT2D eigenvalue weighted by Crippen LogP contribution is 2.48. The molecular weight excluding hydrogens is 1290 g/mol. The molecule has 0 radical (unpaired) electrons. The first-order valence-electron chi connectivity index (χ1n) is 30.1. The van der Waals surface area contributed by atoms with Crippen LogP contribution in [0.4, 0.5) is 28.9 Å². The van der Waals surface area contributed by atoms with Crippen LogP contribution in [0.2, 0.25) is 0 Å². The Morgan fingerprint density at radius 3 is 1.38 bits per heavy atom. The third kappa shape index (κ3) is 18.6. The number of β-lactam (4-membered cyclic amide) rings is 2. The highest BCUT2D eigenvalue weighted by Gasteiger charge is 2.51. The molecule has 0 aromatic heterocycles. The lowest BCUT2D eigenvalue weighted by molar-refractivity contribution is -0.153. The first-order chi connectivity index (χ1) is 46.1. The summed E-state index contributed by atoms with van der Waals surface area (Å²) >= 11 is 2.26. The van der Waals surface area contributed by atoms with E-state index in [9.17, 15) is 70.9 Å². The summed E-state index contributed by atoms with van der Waals surface area (Å²) in [5.41, 5.74) is 14.1. The van der Waals surface area contributed by atoms with E-state index in [2.05, 4.69) is 16.0 Å². The van der Waals surface area contributed by atoms with E-state index < -0.39 is 137 Å². The minimum absolute atomic E-state index is 0.0676. The van der Waals surface area contributed by atoms with E-state index in [4.69, 9.17) is 25.7 Å². The van der Waals surface area contributed by atoms with Gasteiger partial charge in [0, 0.05) is 42.1 Å². The molecule has 27 heteroatoms. The van der Waals surface area contributed by atoms with Gasteiger partial charge in [0.15, 0.2) is 13.2 Å². The standard InChI is InChI=1S/C69H65F4N7O14S2/c70-44-14-6-40(7-15-44)55(81)37-95-63-61(79(66(63)87)48-22-18-46(72)19-23-48)42-10-26-51(27-11-42)93-36-60(85)77-53(31-33-58(75)83)69(91)94-56(41-8-16-45(71)17-9-41)38-96-64-62(80(67(64)88)49-24-20-47(73)21-25-49)43-12-28-50(29-13-43)92-35-59(84)76-52(30-32-57(74)82)65(86)78-54(68(89)90)34-39-4-2-1-3-5-39/h1-29,52-56,61-64,81H,30-38H2,(H2,74,82)(H2,75,83)(H,76,84)(H,77,85)(H,78,86)(H,89,90)/t52-,53-,54+,55?,56?,61+,62+,63+,64+/m0/s1. The minimum Gasteiger partial charge on any atom is -0.484 e. The number of aliphatic hydroxyl groups is 1. The van der Waals surface area contributed by atoms with Crippen molar-refractivity contribution in [2.45, 2.75) is 85.0 Å². The number of carbonyl (C=O) groups excluding carboxylic acids is 8. The molecule has 9 atom stereocenters. The summed E-state index contributed by atoms with van der Waals surface area (Å²) in [5, 5.41) is 26.6. The van der Waals surface area contributed by atoms with Crippen LogP contribution in [0.15, 0.2) is 176 Å². The number of carbonyl (C=O) groups is 9. The molecule has 9 N–H and O–H groups in total. The van der Waals surface area contributed by atoms with Gasteiger partial charge in [-0.1, -0.05) is 78.9 Å². The van der Waals surface area contributed by atoms with Gasteiger partial charge in [-0.15, -0.1) is 23.5 Å². The number of ether oxygens (including phenoxy) is 3. The van der Waals surface area contributed by atoms with Crippen LogP contribution in [0.25, 0.3) is 0 Å². The molecule has 2 heterocycles. The number of amides is 7. The van der Waals surface area contributed by atoms with Crippen LogP contribution in [0.1, 0.15) is 77.8 Å². The molecule has 0 spiro atoms. The molecule has 2 fully saturated rings. The number of hydrogen-bond acceptors (Lipinski definition) is 15. The van der Waals surface area contributed by atoms with E-state index in [0.717, 1.165) is 23.9 Å². The highest BCUT2D eigenvalue weighted by molar-refractivity contribution is 8.01. The molecular formula is C69H65F4N7O14S2. The fourth-order valence-corrected chi connectivity index (χ4v) is 13.3. The molecule has 2 saturated heterocycles. The predicted molar refractivity (Wildman–Crippen MR) is 347 cm³/mol. The van der Waals surface area contributed by atoms with E-state index >= 15 is 0 Å². The van der Waals surface area contributed by atoms with E-state index in [-0.39, 0.29) is 61.0 Å². The van der Waals surface area contributed by atoms with Crippen molar-refractivity contribution in [1.29, 1.82) is 0 Å². The van der Waals surface area contributed by atoms with Crippen LogP contribution in [0, 0.1) is 23.3 Å². The first kappa shape index (κ1) is 70.1. The smallest absolute Gasteiger partial charge is 0.329 e. The Labute approximate surface area is 556 Å². The number of carboxylic acid groups (broad SMARTS) is 1. The Kier molecular flexibility index (Phi) is 23.9. The Morgan fingerprint density at radius 2 is 0.927 bits per heavy atom. The molecule has 7 aromatic rings. The summed E-state index contributed by atoms with van der Waals surface area (Å²) in [6, 6.07) is 36.5. The second-order valence-electron chi connectivity index (χ2n) is 22.4. The minimum atomic E-state index is -1.49. The van der Waals surface area contributed by atoms with Gasteiger partial charge in [-0.25, -0.2) is 27.2 Å². The average Bonchev–Trinajstić information content (AvgIpc) is 0.751. The summed E-state index contributed by atoms with van der Waals surface area (Å²) in [6.07, 6.45) is -3.56. The zero-order chi connectivity index (χ0) is 68.6. The van der Waals surface area contributed by atoms with Gasteiger partial charge >= 0.3 is 11.9 Å².